The van der Waals surface area contributed by atoms with Crippen molar-refractivity contribution in [3.05, 3.63) is 36.0 Å². The average Bonchev–Trinajstić information content (AvgIpc) is 2.88. The Hall–Kier alpha value is -1.85. The summed E-state index contributed by atoms with van der Waals surface area (Å²) in [6.45, 7) is 4.11. The molecular weight excluding hydrogens is 278 g/mol. The lowest BCUT2D eigenvalue weighted by Gasteiger charge is -2.20. The summed E-state index contributed by atoms with van der Waals surface area (Å²) in [5, 5.41) is 14.2. The van der Waals surface area contributed by atoms with Crippen LogP contribution in [0.3, 0.4) is 0 Å². The first kappa shape index (κ1) is 15.1. The zero-order chi connectivity index (χ0) is 15.5. The van der Waals surface area contributed by atoms with Crippen LogP contribution in [0.5, 0.6) is 0 Å². The maximum atomic E-state index is 11.2. The second-order valence-electron chi connectivity index (χ2n) is 6.13. The molecule has 0 aliphatic carbocycles. The van der Waals surface area contributed by atoms with Crippen molar-refractivity contribution >= 4 is 16.8 Å². The highest BCUT2D eigenvalue weighted by atomic mass is 16.3. The number of nitrogens with zero attached hydrogens (tertiary/aromatic N) is 1. The largest absolute Gasteiger partial charge is 0.391 e. The second kappa shape index (κ2) is 6.50. The molecule has 5 nitrogen and oxygen atoms in total. The molecule has 2 heterocycles. The number of hydrogen-bond acceptors (Lipinski definition) is 3. The fourth-order valence-corrected chi connectivity index (χ4v) is 3.19. The van der Waals surface area contributed by atoms with Crippen LogP contribution in [0.2, 0.25) is 0 Å². The third-order valence-corrected chi connectivity index (χ3v) is 4.37. The van der Waals surface area contributed by atoms with Gasteiger partial charge in [-0.25, -0.2) is 0 Å². The molecule has 3 rings (SSSR count). The number of hydrogen-bond donors (Lipinski definition) is 3. The molecule has 0 bridgehead atoms. The van der Waals surface area contributed by atoms with E-state index in [9.17, 15) is 9.90 Å². The van der Waals surface area contributed by atoms with Gasteiger partial charge in [-0.15, -0.1) is 0 Å². The van der Waals surface area contributed by atoms with Crippen molar-refractivity contribution in [3.8, 4) is 0 Å². The Labute approximate surface area is 130 Å². The van der Waals surface area contributed by atoms with E-state index >= 15 is 0 Å². The van der Waals surface area contributed by atoms with Gasteiger partial charge in [-0.05, 0) is 42.0 Å². The van der Waals surface area contributed by atoms with Gasteiger partial charge in [0.25, 0.3) is 0 Å². The number of aromatic nitrogens is 1. The minimum Gasteiger partial charge on any atom is -0.391 e. The lowest BCUT2D eigenvalue weighted by atomic mass is 10.1. The molecule has 1 aromatic carbocycles. The molecule has 0 radical (unpaired) electrons. The third-order valence-electron chi connectivity index (χ3n) is 4.37. The van der Waals surface area contributed by atoms with Gasteiger partial charge in [0.15, 0.2) is 0 Å². The molecule has 1 fully saturated rings. The summed E-state index contributed by atoms with van der Waals surface area (Å²) in [4.78, 5) is 16.8. The third kappa shape index (κ3) is 3.48. The zero-order valence-electron chi connectivity index (χ0n) is 12.9. The number of carbonyl (C=O) groups is 1. The number of aliphatic hydroxyl groups excluding tert-OH is 1. The molecule has 22 heavy (non-hydrogen) atoms. The van der Waals surface area contributed by atoms with Crippen molar-refractivity contribution in [2.24, 2.45) is 0 Å². The van der Waals surface area contributed by atoms with Crippen molar-refractivity contribution in [2.75, 3.05) is 13.1 Å². The van der Waals surface area contributed by atoms with Crippen LogP contribution in [0, 0.1) is 0 Å². The van der Waals surface area contributed by atoms with Crippen molar-refractivity contribution < 1.29 is 9.90 Å². The van der Waals surface area contributed by atoms with Gasteiger partial charge in [0.05, 0.1) is 12.1 Å². The molecule has 1 saturated heterocycles. The van der Waals surface area contributed by atoms with Crippen LogP contribution >= 0.6 is 0 Å². The maximum absolute atomic E-state index is 11.2. The monoisotopic (exact) mass is 301 g/mol. The van der Waals surface area contributed by atoms with Gasteiger partial charge in [0.2, 0.25) is 5.91 Å². The Bertz CT molecular complexity index is 652. The fourth-order valence-electron chi connectivity index (χ4n) is 3.19. The number of carbonyl (C=O) groups excluding carboxylic acids is 1. The molecule has 0 saturated carbocycles. The van der Waals surface area contributed by atoms with E-state index in [4.69, 9.17) is 0 Å². The summed E-state index contributed by atoms with van der Waals surface area (Å²) in [5.74, 6) is -0.0737. The van der Waals surface area contributed by atoms with Crippen LogP contribution in [0.4, 0.5) is 0 Å². The lowest BCUT2D eigenvalue weighted by Crippen LogP contribution is -2.42. The van der Waals surface area contributed by atoms with Gasteiger partial charge < -0.3 is 15.4 Å². The maximum Gasteiger partial charge on any atom is 0.217 e. The molecule has 0 unspecified atom stereocenters. The Balaban J connectivity index is 1.64. The van der Waals surface area contributed by atoms with Gasteiger partial charge in [0, 0.05) is 38.3 Å². The summed E-state index contributed by atoms with van der Waals surface area (Å²) in [7, 11) is 0. The molecule has 118 valence electrons. The summed E-state index contributed by atoms with van der Waals surface area (Å²) >= 11 is 0. The first-order chi connectivity index (χ1) is 10.6. The van der Waals surface area contributed by atoms with Gasteiger partial charge in [-0.2, -0.15) is 0 Å². The molecule has 1 aliphatic heterocycles. The summed E-state index contributed by atoms with van der Waals surface area (Å²) in [5.41, 5.74) is 2.43. The Morgan fingerprint density at radius 3 is 3.00 bits per heavy atom. The van der Waals surface area contributed by atoms with Crippen molar-refractivity contribution in [3.63, 3.8) is 0 Å². The van der Waals surface area contributed by atoms with Gasteiger partial charge in [-0.3, -0.25) is 9.69 Å². The molecule has 2 atom stereocenters. The molecule has 3 N–H and O–H groups in total. The highest BCUT2D eigenvalue weighted by Crippen LogP contribution is 2.18. The molecule has 1 aliphatic rings. The van der Waals surface area contributed by atoms with Crippen LogP contribution in [0.1, 0.15) is 25.3 Å². The topological polar surface area (TPSA) is 68.4 Å². The Morgan fingerprint density at radius 2 is 2.18 bits per heavy atom. The van der Waals surface area contributed by atoms with Crippen LogP contribution < -0.4 is 5.32 Å². The Kier molecular flexibility index (Phi) is 4.45. The van der Waals surface area contributed by atoms with Crippen LogP contribution in [-0.4, -0.2) is 46.1 Å². The van der Waals surface area contributed by atoms with Gasteiger partial charge in [0.1, 0.15) is 0 Å². The number of rotatable bonds is 3. The molecule has 5 heteroatoms. The molecule has 0 spiro atoms. The van der Waals surface area contributed by atoms with Gasteiger partial charge in [-0.1, -0.05) is 6.07 Å². The predicted octanol–water partition coefficient (Wildman–Crippen LogP) is 1.63. The minimum atomic E-state index is -0.457. The van der Waals surface area contributed by atoms with Crippen LogP contribution in [-0.2, 0) is 11.3 Å². The van der Waals surface area contributed by atoms with Crippen molar-refractivity contribution in [1.29, 1.82) is 0 Å². The number of aliphatic hydroxyl groups is 1. The fraction of sp³-hybridized carbons (Fsp3) is 0.471. The number of amides is 1. The van der Waals surface area contributed by atoms with E-state index in [1.807, 2.05) is 6.20 Å². The van der Waals surface area contributed by atoms with E-state index in [1.165, 1.54) is 17.9 Å². The van der Waals surface area contributed by atoms with Crippen LogP contribution in [0.15, 0.2) is 30.5 Å². The number of nitrogens with one attached hydrogen (secondary N) is 2. The van der Waals surface area contributed by atoms with E-state index in [-0.39, 0.29) is 11.9 Å². The standard InChI is InChI=1S/C17H23N3O2/c1-12(21)19-16-5-8-20(9-6-17(16)22)11-13-2-3-15-14(10-13)4-7-18-15/h2-4,7,10,16-18,22H,5-6,8-9,11H2,1H3,(H,19,21)/t16-,17-/m0/s1. The normalized spacial score (nSPS) is 23.4. The van der Waals surface area contributed by atoms with Crippen molar-refractivity contribution in [2.45, 2.75) is 38.5 Å². The lowest BCUT2D eigenvalue weighted by molar-refractivity contribution is -0.120. The quantitative estimate of drug-likeness (QED) is 0.807. The average molecular weight is 301 g/mol. The SMILES string of the molecule is CC(=O)N[C@H]1CCN(Cc2ccc3[nH]ccc3c2)CC[C@@H]1O. The zero-order valence-corrected chi connectivity index (χ0v) is 12.9. The highest BCUT2D eigenvalue weighted by Gasteiger charge is 2.25. The minimum absolute atomic E-state index is 0.0737. The first-order valence-electron chi connectivity index (χ1n) is 7.85. The van der Waals surface area contributed by atoms with Crippen LogP contribution in [0.25, 0.3) is 10.9 Å². The summed E-state index contributed by atoms with van der Waals surface area (Å²) in [6.07, 6.45) is 2.97. The highest BCUT2D eigenvalue weighted by molar-refractivity contribution is 5.79. The van der Waals surface area contributed by atoms with E-state index in [0.29, 0.717) is 6.42 Å². The smallest absolute Gasteiger partial charge is 0.217 e. The van der Waals surface area contributed by atoms with E-state index < -0.39 is 6.10 Å². The molecular formula is C17H23N3O2. The van der Waals surface area contributed by atoms with E-state index in [0.717, 1.165) is 31.6 Å². The summed E-state index contributed by atoms with van der Waals surface area (Å²) in [6, 6.07) is 8.41. The molecule has 1 aromatic heterocycles. The number of H-pyrrole nitrogens is 1. The van der Waals surface area contributed by atoms with Crippen molar-refractivity contribution in [1.82, 2.24) is 15.2 Å². The molecule has 2 aromatic rings. The number of aromatic amines is 1. The van der Waals surface area contributed by atoms with E-state index in [2.05, 4.69) is 39.5 Å². The number of benzene rings is 1. The Morgan fingerprint density at radius 1 is 1.36 bits per heavy atom. The first-order valence-corrected chi connectivity index (χ1v) is 7.85. The number of fused-ring (bicyclic) bond motifs is 1. The van der Waals surface area contributed by atoms with Gasteiger partial charge >= 0.3 is 0 Å². The van der Waals surface area contributed by atoms with E-state index in [1.54, 1.807) is 0 Å². The second-order valence-corrected chi connectivity index (χ2v) is 6.13. The predicted molar refractivity (Wildman–Crippen MR) is 86.4 cm³/mol. The summed E-state index contributed by atoms with van der Waals surface area (Å²) < 4.78 is 0. The molecule has 1 amide bonds. The number of likely N-dealkylation sites (tertiary alicyclic amines) is 1.